The zero-order chi connectivity index (χ0) is 16.3. The third-order valence-corrected chi connectivity index (χ3v) is 4.43. The molecule has 0 fully saturated rings. The number of nitrogens with zero attached hydrogens (tertiary/aromatic N) is 4. The van der Waals surface area contributed by atoms with Gasteiger partial charge in [0, 0.05) is 0 Å². The highest BCUT2D eigenvalue weighted by Crippen LogP contribution is 2.25. The van der Waals surface area contributed by atoms with Crippen molar-refractivity contribution in [3.05, 3.63) is 24.0 Å². The number of aromatic nitrogens is 4. The second-order valence-electron chi connectivity index (χ2n) is 5.16. The van der Waals surface area contributed by atoms with Gasteiger partial charge in [-0.3, -0.25) is 4.72 Å². The summed E-state index contributed by atoms with van der Waals surface area (Å²) in [5.41, 5.74) is 0.399. The van der Waals surface area contributed by atoms with Crippen molar-refractivity contribution >= 4 is 15.7 Å². The molecule has 0 amide bonds. The van der Waals surface area contributed by atoms with Crippen LogP contribution in [0.3, 0.4) is 0 Å². The lowest BCUT2D eigenvalue weighted by Gasteiger charge is -2.10. The first-order valence-corrected chi connectivity index (χ1v) is 8.57. The van der Waals surface area contributed by atoms with Crippen LogP contribution in [-0.2, 0) is 10.0 Å². The van der Waals surface area contributed by atoms with Gasteiger partial charge in [0.1, 0.15) is 5.82 Å². The van der Waals surface area contributed by atoms with Crippen molar-refractivity contribution in [2.24, 2.45) is 0 Å². The van der Waals surface area contributed by atoms with E-state index in [0.29, 0.717) is 12.2 Å². The maximum absolute atomic E-state index is 14.3. The Balaban J connectivity index is 2.33. The van der Waals surface area contributed by atoms with Crippen molar-refractivity contribution in [2.75, 3.05) is 10.5 Å². The van der Waals surface area contributed by atoms with E-state index >= 15 is 0 Å². The SMILES string of the molecule is CCCS(=O)(=O)Nc1ccc(-c2nnnn2C(C)C)c(F)c1. The molecular weight excluding hydrogens is 309 g/mol. The summed E-state index contributed by atoms with van der Waals surface area (Å²) < 4.78 is 41.5. The van der Waals surface area contributed by atoms with E-state index in [2.05, 4.69) is 20.2 Å². The van der Waals surface area contributed by atoms with Gasteiger partial charge in [0.25, 0.3) is 0 Å². The van der Waals surface area contributed by atoms with Crippen LogP contribution in [0.5, 0.6) is 0 Å². The quantitative estimate of drug-likeness (QED) is 0.878. The lowest BCUT2D eigenvalue weighted by atomic mass is 10.1. The van der Waals surface area contributed by atoms with Gasteiger partial charge >= 0.3 is 0 Å². The van der Waals surface area contributed by atoms with E-state index in [-0.39, 0.29) is 23.0 Å². The first-order chi connectivity index (χ1) is 10.3. The Morgan fingerprint density at radius 1 is 1.36 bits per heavy atom. The van der Waals surface area contributed by atoms with E-state index in [0.717, 1.165) is 6.07 Å². The van der Waals surface area contributed by atoms with Crippen LogP contribution in [0.2, 0.25) is 0 Å². The van der Waals surface area contributed by atoms with Crippen molar-refractivity contribution in [3.8, 4) is 11.4 Å². The maximum Gasteiger partial charge on any atom is 0.232 e. The molecule has 0 saturated heterocycles. The number of benzene rings is 1. The first-order valence-electron chi connectivity index (χ1n) is 6.92. The molecule has 0 saturated carbocycles. The zero-order valence-electron chi connectivity index (χ0n) is 12.6. The van der Waals surface area contributed by atoms with Gasteiger partial charge in [-0.2, -0.15) is 0 Å². The van der Waals surface area contributed by atoms with Crippen molar-refractivity contribution < 1.29 is 12.8 Å². The molecule has 1 N–H and O–H groups in total. The Morgan fingerprint density at radius 2 is 2.09 bits per heavy atom. The minimum atomic E-state index is -3.45. The van der Waals surface area contributed by atoms with E-state index in [4.69, 9.17) is 0 Å². The van der Waals surface area contributed by atoms with Crippen LogP contribution in [0.4, 0.5) is 10.1 Å². The summed E-state index contributed by atoms with van der Waals surface area (Å²) in [7, 11) is -3.45. The second kappa shape index (κ2) is 6.39. The number of rotatable bonds is 6. The van der Waals surface area contributed by atoms with Gasteiger partial charge in [0.15, 0.2) is 5.82 Å². The Labute approximate surface area is 128 Å². The molecule has 9 heteroatoms. The number of sulfonamides is 1. The smallest absolute Gasteiger partial charge is 0.232 e. The molecule has 1 aromatic heterocycles. The third-order valence-electron chi connectivity index (χ3n) is 2.94. The maximum atomic E-state index is 14.3. The van der Waals surface area contributed by atoms with Crippen molar-refractivity contribution in [1.82, 2.24) is 20.2 Å². The molecule has 120 valence electrons. The van der Waals surface area contributed by atoms with Crippen LogP contribution < -0.4 is 4.72 Å². The van der Waals surface area contributed by atoms with E-state index in [1.807, 2.05) is 13.8 Å². The monoisotopic (exact) mass is 327 g/mol. The predicted octanol–water partition coefficient (Wildman–Crippen LogP) is 2.21. The Hall–Kier alpha value is -2.03. The molecule has 22 heavy (non-hydrogen) atoms. The minimum Gasteiger partial charge on any atom is -0.283 e. The molecule has 2 aromatic rings. The molecule has 0 spiro atoms. The van der Waals surface area contributed by atoms with Gasteiger partial charge in [-0.15, -0.1) is 5.10 Å². The molecule has 0 radical (unpaired) electrons. The molecular formula is C13H18FN5O2S. The van der Waals surface area contributed by atoms with E-state index in [1.165, 1.54) is 16.8 Å². The highest BCUT2D eigenvalue weighted by molar-refractivity contribution is 7.92. The van der Waals surface area contributed by atoms with Crippen molar-refractivity contribution in [3.63, 3.8) is 0 Å². The fourth-order valence-electron chi connectivity index (χ4n) is 1.98. The largest absolute Gasteiger partial charge is 0.283 e. The van der Waals surface area contributed by atoms with Gasteiger partial charge in [-0.1, -0.05) is 6.92 Å². The Bertz CT molecular complexity index is 758. The minimum absolute atomic E-state index is 0.0119. The summed E-state index contributed by atoms with van der Waals surface area (Å²) in [5, 5.41) is 11.2. The number of halogens is 1. The van der Waals surface area contributed by atoms with Gasteiger partial charge in [0.2, 0.25) is 10.0 Å². The number of anilines is 1. The summed E-state index contributed by atoms with van der Waals surface area (Å²) in [5.74, 6) is -0.300. The number of hydrogen-bond acceptors (Lipinski definition) is 5. The first kappa shape index (κ1) is 16.3. The molecule has 1 aromatic carbocycles. The van der Waals surface area contributed by atoms with Crippen LogP contribution in [0.25, 0.3) is 11.4 Å². The van der Waals surface area contributed by atoms with Crippen molar-refractivity contribution in [1.29, 1.82) is 0 Å². The normalized spacial score (nSPS) is 11.9. The zero-order valence-corrected chi connectivity index (χ0v) is 13.4. The van der Waals surface area contributed by atoms with Gasteiger partial charge in [0.05, 0.1) is 23.0 Å². The van der Waals surface area contributed by atoms with Crippen LogP contribution in [0, 0.1) is 5.82 Å². The van der Waals surface area contributed by atoms with Gasteiger partial charge in [-0.05, 0) is 48.9 Å². The molecule has 0 aliphatic rings. The van der Waals surface area contributed by atoms with E-state index in [9.17, 15) is 12.8 Å². The Kier molecular flexibility index (Phi) is 4.74. The van der Waals surface area contributed by atoms with Crippen LogP contribution >= 0.6 is 0 Å². The number of tetrazole rings is 1. The molecule has 0 aliphatic carbocycles. The van der Waals surface area contributed by atoms with Gasteiger partial charge < -0.3 is 0 Å². The molecule has 1 heterocycles. The average molecular weight is 327 g/mol. The highest BCUT2D eigenvalue weighted by atomic mass is 32.2. The summed E-state index contributed by atoms with van der Waals surface area (Å²) in [6.45, 7) is 5.52. The average Bonchev–Trinajstić information content (AvgIpc) is 2.87. The molecule has 7 nitrogen and oxygen atoms in total. The summed E-state index contributed by atoms with van der Waals surface area (Å²) >= 11 is 0. The fourth-order valence-corrected chi connectivity index (χ4v) is 3.10. The standard InChI is InChI=1S/C13H18FN5O2S/c1-4-7-22(20,21)16-10-5-6-11(12(14)8-10)13-15-17-18-19(13)9(2)3/h5-6,8-9,16H,4,7H2,1-3H3. The molecule has 0 aliphatic heterocycles. The number of nitrogens with one attached hydrogen (secondary N) is 1. The highest BCUT2D eigenvalue weighted by Gasteiger charge is 2.17. The summed E-state index contributed by atoms with van der Waals surface area (Å²) in [4.78, 5) is 0. The molecule has 0 atom stereocenters. The van der Waals surface area contributed by atoms with Crippen LogP contribution in [-0.4, -0.2) is 34.4 Å². The topological polar surface area (TPSA) is 89.8 Å². The third kappa shape index (κ3) is 3.59. The molecule has 0 bridgehead atoms. The van der Waals surface area contributed by atoms with E-state index < -0.39 is 15.8 Å². The number of hydrogen-bond donors (Lipinski definition) is 1. The lowest BCUT2D eigenvalue weighted by molar-refractivity contribution is 0.517. The lowest BCUT2D eigenvalue weighted by Crippen LogP contribution is -2.16. The van der Waals surface area contributed by atoms with Gasteiger partial charge in [-0.25, -0.2) is 17.5 Å². The second-order valence-corrected chi connectivity index (χ2v) is 7.00. The van der Waals surface area contributed by atoms with Crippen LogP contribution in [0.15, 0.2) is 18.2 Å². The summed E-state index contributed by atoms with van der Waals surface area (Å²) in [6, 6.07) is 4.06. The van der Waals surface area contributed by atoms with Crippen molar-refractivity contribution in [2.45, 2.75) is 33.2 Å². The van der Waals surface area contributed by atoms with Crippen LogP contribution in [0.1, 0.15) is 33.2 Å². The molecule has 0 unspecified atom stereocenters. The Morgan fingerprint density at radius 3 is 2.68 bits per heavy atom. The molecule has 2 rings (SSSR count). The fraction of sp³-hybridized carbons (Fsp3) is 0.462. The van der Waals surface area contributed by atoms with E-state index in [1.54, 1.807) is 6.92 Å². The summed E-state index contributed by atoms with van der Waals surface area (Å²) in [6.07, 6.45) is 0.485. The predicted molar refractivity (Wildman–Crippen MR) is 81.3 cm³/mol.